The van der Waals surface area contributed by atoms with E-state index >= 15 is 0 Å². The zero-order valence-electron chi connectivity index (χ0n) is 13.0. The van der Waals surface area contributed by atoms with Crippen LogP contribution in [-0.2, 0) is 20.2 Å². The Morgan fingerprint density at radius 3 is 2.46 bits per heavy atom. The number of hydrogen-bond donors (Lipinski definition) is 2. The van der Waals surface area contributed by atoms with E-state index in [1.165, 1.54) is 22.5 Å². The summed E-state index contributed by atoms with van der Waals surface area (Å²) in [7, 11) is -7.01. The van der Waals surface area contributed by atoms with Gasteiger partial charge in [0.05, 0.1) is 22.2 Å². The normalized spacial score (nSPS) is 21.3. The van der Waals surface area contributed by atoms with Gasteiger partial charge in [-0.15, -0.1) is 0 Å². The monoisotopic (exact) mass is 393 g/mol. The maximum Gasteiger partial charge on any atom is 0.299 e. The van der Waals surface area contributed by atoms with Crippen LogP contribution < -0.4 is 13.7 Å². The zero-order valence-corrected chi connectivity index (χ0v) is 15.4. The van der Waals surface area contributed by atoms with Gasteiger partial charge < -0.3 is 0 Å². The quantitative estimate of drug-likeness (QED) is 0.800. The largest absolute Gasteiger partial charge is 0.299 e. The summed E-state index contributed by atoms with van der Waals surface area (Å²) in [6, 6.07) is 4.44. The molecule has 1 heterocycles. The molecular formula is C14H20ClN3O4S2. The SMILES string of the molecule is O=S(=O)(Nc1ccc(N2CCCS2(=O)=O)c(Cl)c1)NC1CCCC1. The molecule has 134 valence electrons. The molecule has 10 heteroatoms. The van der Waals surface area contributed by atoms with Crippen molar-refractivity contribution in [2.75, 3.05) is 21.3 Å². The molecule has 0 spiro atoms. The first-order chi connectivity index (χ1) is 11.3. The summed E-state index contributed by atoms with van der Waals surface area (Å²) in [6.45, 7) is 0.385. The highest BCUT2D eigenvalue weighted by Crippen LogP contribution is 2.33. The molecule has 0 unspecified atom stereocenters. The van der Waals surface area contributed by atoms with E-state index in [2.05, 4.69) is 9.44 Å². The molecule has 24 heavy (non-hydrogen) atoms. The summed E-state index contributed by atoms with van der Waals surface area (Å²) >= 11 is 6.17. The van der Waals surface area contributed by atoms with Gasteiger partial charge in [0, 0.05) is 12.6 Å². The second-order valence-corrected chi connectivity index (χ2v) is 9.98. The smallest absolute Gasteiger partial charge is 0.271 e. The van der Waals surface area contributed by atoms with Gasteiger partial charge in [-0.2, -0.15) is 13.1 Å². The fraction of sp³-hybridized carbons (Fsp3) is 0.571. The van der Waals surface area contributed by atoms with E-state index in [0.29, 0.717) is 24.3 Å². The molecule has 7 nitrogen and oxygen atoms in total. The molecular weight excluding hydrogens is 374 g/mol. The Labute approximate surface area is 147 Å². The average molecular weight is 394 g/mol. The Bertz CT molecular complexity index is 820. The van der Waals surface area contributed by atoms with Gasteiger partial charge in [-0.1, -0.05) is 24.4 Å². The lowest BCUT2D eigenvalue weighted by molar-refractivity contribution is 0.557. The van der Waals surface area contributed by atoms with Crippen molar-refractivity contribution in [2.45, 2.75) is 38.1 Å². The molecule has 0 bridgehead atoms. The lowest BCUT2D eigenvalue weighted by Crippen LogP contribution is -2.37. The van der Waals surface area contributed by atoms with E-state index in [1.54, 1.807) is 0 Å². The Balaban J connectivity index is 1.75. The van der Waals surface area contributed by atoms with Crippen molar-refractivity contribution in [3.63, 3.8) is 0 Å². The molecule has 1 aromatic rings. The van der Waals surface area contributed by atoms with Crippen molar-refractivity contribution in [3.05, 3.63) is 23.2 Å². The van der Waals surface area contributed by atoms with Gasteiger partial charge >= 0.3 is 0 Å². The van der Waals surface area contributed by atoms with Gasteiger partial charge in [0.1, 0.15) is 0 Å². The van der Waals surface area contributed by atoms with E-state index in [0.717, 1.165) is 25.7 Å². The van der Waals surface area contributed by atoms with Crippen LogP contribution in [0.15, 0.2) is 18.2 Å². The number of nitrogens with zero attached hydrogens (tertiary/aromatic N) is 1. The molecule has 0 atom stereocenters. The highest BCUT2D eigenvalue weighted by molar-refractivity contribution is 7.93. The van der Waals surface area contributed by atoms with Crippen LogP contribution in [-0.4, -0.2) is 35.2 Å². The number of halogens is 1. The third kappa shape index (κ3) is 3.96. The third-order valence-electron chi connectivity index (χ3n) is 4.24. The number of anilines is 2. The predicted molar refractivity (Wildman–Crippen MR) is 95.1 cm³/mol. The van der Waals surface area contributed by atoms with Gasteiger partial charge in [0.25, 0.3) is 10.2 Å². The second kappa shape index (κ2) is 6.70. The van der Waals surface area contributed by atoms with Gasteiger partial charge in [-0.05, 0) is 37.5 Å². The average Bonchev–Trinajstić information content (AvgIpc) is 3.07. The van der Waals surface area contributed by atoms with Crippen LogP contribution in [0.25, 0.3) is 0 Å². The van der Waals surface area contributed by atoms with Gasteiger partial charge in [-0.25, -0.2) is 8.42 Å². The molecule has 2 fully saturated rings. The van der Waals surface area contributed by atoms with Crippen LogP contribution in [0.4, 0.5) is 11.4 Å². The van der Waals surface area contributed by atoms with Crippen molar-refractivity contribution < 1.29 is 16.8 Å². The molecule has 0 radical (unpaired) electrons. The van der Waals surface area contributed by atoms with Gasteiger partial charge in [0.15, 0.2) is 0 Å². The number of rotatable bonds is 5. The first-order valence-electron chi connectivity index (χ1n) is 7.87. The Morgan fingerprint density at radius 2 is 1.88 bits per heavy atom. The molecule has 1 aromatic carbocycles. The maximum absolute atomic E-state index is 12.1. The third-order valence-corrected chi connectivity index (χ3v) is 7.55. The highest BCUT2D eigenvalue weighted by atomic mass is 35.5. The van der Waals surface area contributed by atoms with Crippen molar-refractivity contribution in [2.24, 2.45) is 0 Å². The lowest BCUT2D eigenvalue weighted by Gasteiger charge is -2.19. The van der Waals surface area contributed by atoms with Crippen LogP contribution in [0.3, 0.4) is 0 Å². The van der Waals surface area contributed by atoms with Crippen molar-refractivity contribution in [1.82, 2.24) is 4.72 Å². The molecule has 0 amide bonds. The molecule has 1 saturated carbocycles. The van der Waals surface area contributed by atoms with E-state index in [9.17, 15) is 16.8 Å². The number of sulfonamides is 1. The summed E-state index contributed by atoms with van der Waals surface area (Å²) < 4.78 is 54.5. The standard InChI is InChI=1S/C14H20ClN3O4S2/c15-13-10-12(17-24(21,22)16-11-4-1-2-5-11)6-7-14(13)18-8-3-9-23(18,19)20/h6-7,10-11,16-17H,1-5,8-9H2. The topological polar surface area (TPSA) is 95.6 Å². The summed E-state index contributed by atoms with van der Waals surface area (Å²) in [6.07, 6.45) is 4.29. The highest BCUT2D eigenvalue weighted by Gasteiger charge is 2.30. The zero-order chi connectivity index (χ0) is 17.4. The van der Waals surface area contributed by atoms with E-state index in [1.807, 2.05) is 0 Å². The van der Waals surface area contributed by atoms with Gasteiger partial charge in [-0.3, -0.25) is 9.03 Å². The van der Waals surface area contributed by atoms with Crippen molar-refractivity contribution in [1.29, 1.82) is 0 Å². The van der Waals surface area contributed by atoms with Crippen LogP contribution >= 0.6 is 11.6 Å². The van der Waals surface area contributed by atoms with Gasteiger partial charge in [0.2, 0.25) is 10.0 Å². The summed E-state index contributed by atoms with van der Waals surface area (Å²) in [5.41, 5.74) is 0.673. The fourth-order valence-electron chi connectivity index (χ4n) is 3.13. The number of nitrogens with one attached hydrogen (secondary N) is 2. The summed E-state index contributed by atoms with van der Waals surface area (Å²) in [4.78, 5) is 0. The molecule has 3 rings (SSSR count). The summed E-state index contributed by atoms with van der Waals surface area (Å²) in [5.74, 6) is 0.100. The Morgan fingerprint density at radius 1 is 1.17 bits per heavy atom. The summed E-state index contributed by atoms with van der Waals surface area (Å²) in [5, 5.41) is 0.196. The van der Waals surface area contributed by atoms with Crippen molar-refractivity contribution >= 4 is 43.2 Å². The van der Waals surface area contributed by atoms with Crippen molar-refractivity contribution in [3.8, 4) is 0 Å². The maximum atomic E-state index is 12.1. The van der Waals surface area contributed by atoms with Crippen LogP contribution in [0.1, 0.15) is 32.1 Å². The molecule has 2 aliphatic rings. The lowest BCUT2D eigenvalue weighted by atomic mass is 10.3. The van der Waals surface area contributed by atoms with Crippen LogP contribution in [0, 0.1) is 0 Å². The molecule has 1 saturated heterocycles. The Kier molecular flexibility index (Phi) is 4.96. The van der Waals surface area contributed by atoms with Crippen LogP contribution in [0.5, 0.6) is 0 Å². The first-order valence-corrected chi connectivity index (χ1v) is 11.3. The number of benzene rings is 1. The van der Waals surface area contributed by atoms with Crippen LogP contribution in [0.2, 0.25) is 5.02 Å². The Hall–Kier alpha value is -1.03. The molecule has 1 aliphatic carbocycles. The number of hydrogen-bond acceptors (Lipinski definition) is 4. The minimum absolute atomic E-state index is 0.0352. The van der Waals surface area contributed by atoms with E-state index in [-0.39, 0.29) is 16.8 Å². The minimum Gasteiger partial charge on any atom is -0.271 e. The first kappa shape index (κ1) is 17.8. The minimum atomic E-state index is -3.68. The van der Waals surface area contributed by atoms with E-state index in [4.69, 9.17) is 11.6 Å². The molecule has 1 aliphatic heterocycles. The second-order valence-electron chi connectivity index (χ2n) is 6.11. The fourth-order valence-corrected chi connectivity index (χ4v) is 6.21. The molecule has 2 N–H and O–H groups in total. The van der Waals surface area contributed by atoms with E-state index < -0.39 is 20.2 Å². The predicted octanol–water partition coefficient (Wildman–Crippen LogP) is 2.07. The molecule has 0 aromatic heterocycles.